The molecule has 5 nitrogen and oxygen atoms in total. The Labute approximate surface area is 179 Å². The number of nitrogens with zero attached hydrogens (tertiary/aromatic N) is 2. The van der Waals surface area contributed by atoms with Crippen molar-refractivity contribution in [3.05, 3.63) is 111 Å². The Hall–Kier alpha value is -3.44. The molecule has 30 heavy (non-hydrogen) atoms. The first-order chi connectivity index (χ1) is 14.5. The summed E-state index contributed by atoms with van der Waals surface area (Å²) in [4.78, 5) is 30.4. The molecular formula is C24H20ClN3O2. The Bertz CT molecular complexity index is 1260. The maximum Gasteiger partial charge on any atom is 0.265 e. The van der Waals surface area contributed by atoms with Gasteiger partial charge in [-0.25, -0.2) is 4.98 Å². The van der Waals surface area contributed by atoms with E-state index < -0.39 is 5.91 Å². The van der Waals surface area contributed by atoms with Crippen LogP contribution < -0.4 is 10.9 Å². The summed E-state index contributed by atoms with van der Waals surface area (Å²) in [6.07, 6.45) is 1.65. The number of pyridine rings is 2. The molecule has 0 saturated carbocycles. The van der Waals surface area contributed by atoms with Gasteiger partial charge in [-0.2, -0.15) is 0 Å². The quantitative estimate of drug-likeness (QED) is 0.525. The van der Waals surface area contributed by atoms with Gasteiger partial charge in [-0.1, -0.05) is 53.6 Å². The van der Waals surface area contributed by atoms with E-state index in [2.05, 4.69) is 10.3 Å². The number of carbonyl (C=O) groups is 1. The maximum atomic E-state index is 13.2. The predicted octanol–water partition coefficient (Wildman–Crippen LogP) is 4.34. The summed E-state index contributed by atoms with van der Waals surface area (Å²) in [6.45, 7) is 2.65. The number of benzene rings is 2. The van der Waals surface area contributed by atoms with Gasteiger partial charge in [-0.15, -0.1) is 0 Å². The number of hydrogen-bond donors (Lipinski definition) is 1. The molecule has 4 rings (SSSR count). The average Bonchev–Trinajstić information content (AvgIpc) is 2.76. The highest BCUT2D eigenvalue weighted by atomic mass is 35.5. The number of rotatable bonds is 5. The molecule has 0 fully saturated rings. The minimum atomic E-state index is -0.418. The number of nitrogens with one attached hydrogen (secondary N) is 1. The number of hydrogen-bond acceptors (Lipinski definition) is 3. The van der Waals surface area contributed by atoms with Crippen molar-refractivity contribution in [2.45, 2.75) is 20.0 Å². The van der Waals surface area contributed by atoms with Crippen LogP contribution in [0.5, 0.6) is 0 Å². The molecule has 2 aromatic heterocycles. The molecule has 2 heterocycles. The Morgan fingerprint density at radius 1 is 1.03 bits per heavy atom. The first-order valence-corrected chi connectivity index (χ1v) is 9.96. The zero-order valence-electron chi connectivity index (χ0n) is 16.4. The second kappa shape index (κ2) is 8.51. The van der Waals surface area contributed by atoms with Crippen molar-refractivity contribution in [2.24, 2.45) is 0 Å². The fourth-order valence-electron chi connectivity index (χ4n) is 3.27. The normalized spacial score (nSPS) is 10.9. The summed E-state index contributed by atoms with van der Waals surface area (Å²) in [7, 11) is 0. The van der Waals surface area contributed by atoms with E-state index in [1.807, 2.05) is 49.4 Å². The third kappa shape index (κ3) is 4.26. The fourth-order valence-corrected chi connectivity index (χ4v) is 3.40. The summed E-state index contributed by atoms with van der Waals surface area (Å²) in [6, 6.07) is 20.4. The molecule has 6 heteroatoms. The zero-order valence-corrected chi connectivity index (χ0v) is 17.2. The fraction of sp³-hybridized carbons (Fsp3) is 0.125. The number of halogens is 1. The molecule has 0 radical (unpaired) electrons. The van der Waals surface area contributed by atoms with Gasteiger partial charge in [-0.05, 0) is 48.4 Å². The number of amides is 1. The SMILES string of the molecule is Cc1ccc(Cn2c(=O)c(C(=O)NCc3ccc(Cl)cc3)cc3cccnc32)cc1. The topological polar surface area (TPSA) is 64.0 Å². The molecule has 4 aromatic rings. The third-order valence-corrected chi connectivity index (χ3v) is 5.17. The molecular weight excluding hydrogens is 398 g/mol. The lowest BCUT2D eigenvalue weighted by Crippen LogP contribution is -2.33. The second-order valence-electron chi connectivity index (χ2n) is 7.16. The molecule has 1 amide bonds. The van der Waals surface area contributed by atoms with E-state index in [0.717, 1.165) is 22.1 Å². The van der Waals surface area contributed by atoms with Crippen LogP contribution in [-0.4, -0.2) is 15.5 Å². The lowest BCUT2D eigenvalue weighted by molar-refractivity contribution is 0.0949. The van der Waals surface area contributed by atoms with Crippen molar-refractivity contribution in [3.8, 4) is 0 Å². The predicted molar refractivity (Wildman–Crippen MR) is 119 cm³/mol. The van der Waals surface area contributed by atoms with Gasteiger partial charge in [0.2, 0.25) is 0 Å². The molecule has 0 aliphatic heterocycles. The summed E-state index contributed by atoms with van der Waals surface area (Å²) in [5.41, 5.74) is 3.29. The van der Waals surface area contributed by atoms with Crippen LogP contribution >= 0.6 is 11.6 Å². The molecule has 0 spiro atoms. The van der Waals surface area contributed by atoms with E-state index in [1.165, 1.54) is 0 Å². The molecule has 0 aliphatic rings. The van der Waals surface area contributed by atoms with Crippen LogP contribution in [0, 0.1) is 6.92 Å². The monoisotopic (exact) mass is 417 g/mol. The highest BCUT2D eigenvalue weighted by molar-refractivity contribution is 6.30. The first-order valence-electron chi connectivity index (χ1n) is 9.58. The Morgan fingerprint density at radius 2 is 1.73 bits per heavy atom. The zero-order chi connectivity index (χ0) is 21.1. The first kappa shape index (κ1) is 19.9. The van der Waals surface area contributed by atoms with Gasteiger partial charge in [0.25, 0.3) is 11.5 Å². The van der Waals surface area contributed by atoms with Crippen molar-refractivity contribution in [1.29, 1.82) is 0 Å². The van der Waals surface area contributed by atoms with Crippen LogP contribution in [-0.2, 0) is 13.1 Å². The van der Waals surface area contributed by atoms with E-state index in [4.69, 9.17) is 11.6 Å². The smallest absolute Gasteiger partial charge is 0.265 e. The minimum absolute atomic E-state index is 0.0941. The largest absolute Gasteiger partial charge is 0.348 e. The lowest BCUT2D eigenvalue weighted by atomic mass is 10.1. The van der Waals surface area contributed by atoms with Crippen molar-refractivity contribution < 1.29 is 4.79 Å². The van der Waals surface area contributed by atoms with Crippen molar-refractivity contribution in [1.82, 2.24) is 14.9 Å². The molecule has 2 aromatic carbocycles. The number of aromatic nitrogens is 2. The van der Waals surface area contributed by atoms with Crippen LogP contribution in [0.3, 0.4) is 0 Å². The molecule has 0 saturated heterocycles. The van der Waals surface area contributed by atoms with E-state index >= 15 is 0 Å². The van der Waals surface area contributed by atoms with Crippen molar-refractivity contribution >= 4 is 28.5 Å². The van der Waals surface area contributed by atoms with Crippen LogP contribution in [0.1, 0.15) is 27.0 Å². The summed E-state index contributed by atoms with van der Waals surface area (Å²) < 4.78 is 1.55. The van der Waals surface area contributed by atoms with Gasteiger partial charge in [0.1, 0.15) is 11.2 Å². The standard InChI is InChI=1S/C24H20ClN3O2/c1-16-4-6-18(7-5-16)15-28-22-19(3-2-12-26-22)13-21(24(28)30)23(29)27-14-17-8-10-20(25)11-9-17/h2-13H,14-15H2,1H3,(H,27,29). The van der Waals surface area contributed by atoms with Crippen molar-refractivity contribution in [3.63, 3.8) is 0 Å². The molecule has 0 bridgehead atoms. The van der Waals surface area contributed by atoms with Crippen LogP contribution in [0.25, 0.3) is 11.0 Å². The molecule has 0 aliphatic carbocycles. The second-order valence-corrected chi connectivity index (χ2v) is 7.60. The van der Waals surface area contributed by atoms with Gasteiger partial charge in [0, 0.05) is 23.2 Å². The highest BCUT2D eigenvalue weighted by Gasteiger charge is 2.16. The van der Waals surface area contributed by atoms with E-state index in [0.29, 0.717) is 23.8 Å². The maximum absolute atomic E-state index is 13.2. The number of aryl methyl sites for hydroxylation is 1. The number of fused-ring (bicyclic) bond motifs is 1. The van der Waals surface area contributed by atoms with Gasteiger partial charge in [-0.3, -0.25) is 14.2 Å². The van der Waals surface area contributed by atoms with E-state index in [9.17, 15) is 9.59 Å². The molecule has 150 valence electrons. The lowest BCUT2D eigenvalue weighted by Gasteiger charge is -2.13. The van der Waals surface area contributed by atoms with Crippen LogP contribution in [0.4, 0.5) is 0 Å². The van der Waals surface area contributed by atoms with E-state index in [1.54, 1.807) is 35.0 Å². The minimum Gasteiger partial charge on any atom is -0.348 e. The Kier molecular flexibility index (Phi) is 5.63. The van der Waals surface area contributed by atoms with Gasteiger partial charge >= 0.3 is 0 Å². The van der Waals surface area contributed by atoms with Gasteiger partial charge in [0.05, 0.1) is 6.54 Å². The molecule has 0 unspecified atom stereocenters. The van der Waals surface area contributed by atoms with Gasteiger partial charge in [0.15, 0.2) is 0 Å². The summed E-state index contributed by atoms with van der Waals surface area (Å²) >= 11 is 5.90. The average molecular weight is 418 g/mol. The summed E-state index contributed by atoms with van der Waals surface area (Å²) in [5.74, 6) is -0.418. The third-order valence-electron chi connectivity index (χ3n) is 4.92. The molecule has 1 N–H and O–H groups in total. The van der Waals surface area contributed by atoms with E-state index in [-0.39, 0.29) is 11.1 Å². The van der Waals surface area contributed by atoms with Crippen LogP contribution in [0.2, 0.25) is 5.02 Å². The Balaban J connectivity index is 1.68. The highest BCUT2D eigenvalue weighted by Crippen LogP contribution is 2.14. The summed E-state index contributed by atoms with van der Waals surface area (Å²) in [5, 5.41) is 4.19. The van der Waals surface area contributed by atoms with Gasteiger partial charge < -0.3 is 5.32 Å². The van der Waals surface area contributed by atoms with Crippen LogP contribution in [0.15, 0.2) is 77.7 Å². The molecule has 0 atom stereocenters. The van der Waals surface area contributed by atoms with Crippen molar-refractivity contribution in [2.75, 3.05) is 0 Å². The Morgan fingerprint density at radius 3 is 2.47 bits per heavy atom. The number of carbonyl (C=O) groups excluding carboxylic acids is 1.